The summed E-state index contributed by atoms with van der Waals surface area (Å²) in [6.07, 6.45) is 0. The number of hydrogen-bond acceptors (Lipinski definition) is 4. The molecule has 0 atom stereocenters. The van der Waals surface area contributed by atoms with Crippen molar-refractivity contribution in [2.45, 2.75) is 19.3 Å². The molecule has 0 saturated heterocycles. The highest BCUT2D eigenvalue weighted by Gasteiger charge is 2.35. The molecule has 0 saturated carbocycles. The zero-order valence-electron chi connectivity index (χ0n) is 30.6. The minimum atomic E-state index is -0.142. The molecule has 10 rings (SSSR count). The predicted molar refractivity (Wildman–Crippen MR) is 225 cm³/mol. The second-order valence-electron chi connectivity index (χ2n) is 14.7. The van der Waals surface area contributed by atoms with Crippen LogP contribution in [-0.4, -0.2) is 19.9 Å². The summed E-state index contributed by atoms with van der Waals surface area (Å²) in [4.78, 5) is 20.4. The van der Waals surface area contributed by atoms with Gasteiger partial charge in [-0.3, -0.25) is 0 Å². The summed E-state index contributed by atoms with van der Waals surface area (Å²) < 4.78 is 0. The van der Waals surface area contributed by atoms with Gasteiger partial charge in [-0.2, -0.15) is 0 Å². The van der Waals surface area contributed by atoms with Crippen LogP contribution in [0.1, 0.15) is 25.0 Å². The normalized spacial score (nSPS) is 12.7. The van der Waals surface area contributed by atoms with Gasteiger partial charge in [0.25, 0.3) is 0 Å². The molecule has 0 spiro atoms. The molecule has 0 radical (unpaired) electrons. The molecule has 260 valence electrons. The number of pyridine rings is 1. The van der Waals surface area contributed by atoms with Crippen LogP contribution in [-0.2, 0) is 5.41 Å². The van der Waals surface area contributed by atoms with Crippen LogP contribution >= 0.6 is 0 Å². The van der Waals surface area contributed by atoms with Crippen molar-refractivity contribution >= 4 is 10.9 Å². The Balaban J connectivity index is 1.17. The largest absolute Gasteiger partial charge is 0.248 e. The van der Waals surface area contributed by atoms with Gasteiger partial charge in [-0.25, -0.2) is 19.9 Å². The Hall–Kier alpha value is -7.04. The van der Waals surface area contributed by atoms with Gasteiger partial charge in [-0.15, -0.1) is 0 Å². The van der Waals surface area contributed by atoms with E-state index in [0.717, 1.165) is 50.0 Å². The summed E-state index contributed by atoms with van der Waals surface area (Å²) in [5, 5.41) is 1.13. The van der Waals surface area contributed by atoms with E-state index in [1.807, 2.05) is 60.7 Å². The highest BCUT2D eigenvalue weighted by atomic mass is 15.0. The summed E-state index contributed by atoms with van der Waals surface area (Å²) in [5.74, 6) is 1.89. The Bertz CT molecular complexity index is 2820. The number of fused-ring (bicyclic) bond motifs is 4. The molecule has 0 amide bonds. The first kappa shape index (κ1) is 32.6. The molecule has 0 unspecified atom stereocenters. The average molecular weight is 705 g/mol. The third-order valence-corrected chi connectivity index (χ3v) is 10.9. The molecule has 0 aliphatic heterocycles. The molecular formula is C51H36N4. The number of hydrogen-bond donors (Lipinski definition) is 0. The molecule has 1 aliphatic rings. The highest BCUT2D eigenvalue weighted by Crippen LogP contribution is 2.50. The van der Waals surface area contributed by atoms with Crippen LogP contribution in [0.15, 0.2) is 182 Å². The number of benzene rings is 7. The smallest absolute Gasteiger partial charge is 0.164 e. The number of aromatic nitrogens is 4. The molecule has 0 bridgehead atoms. The molecule has 2 aromatic heterocycles. The molecule has 4 heteroatoms. The van der Waals surface area contributed by atoms with Crippen LogP contribution in [0.2, 0.25) is 0 Å². The van der Waals surface area contributed by atoms with Crippen molar-refractivity contribution < 1.29 is 0 Å². The minimum absolute atomic E-state index is 0.142. The van der Waals surface area contributed by atoms with E-state index in [1.54, 1.807) is 0 Å². The Kier molecular flexibility index (Phi) is 7.77. The lowest BCUT2D eigenvalue weighted by atomic mass is 9.82. The fourth-order valence-corrected chi connectivity index (χ4v) is 8.06. The van der Waals surface area contributed by atoms with Crippen molar-refractivity contribution in [1.29, 1.82) is 0 Å². The number of nitrogens with zero attached hydrogens (tertiary/aromatic N) is 4. The Morgan fingerprint density at radius 3 is 1.51 bits per heavy atom. The Labute approximate surface area is 320 Å². The fourth-order valence-electron chi connectivity index (χ4n) is 8.06. The molecule has 4 nitrogen and oxygen atoms in total. The van der Waals surface area contributed by atoms with E-state index >= 15 is 0 Å². The first-order chi connectivity index (χ1) is 27.0. The highest BCUT2D eigenvalue weighted by molar-refractivity contribution is 6.02. The van der Waals surface area contributed by atoms with Crippen molar-refractivity contribution in [3.05, 3.63) is 193 Å². The van der Waals surface area contributed by atoms with Crippen molar-refractivity contribution in [3.63, 3.8) is 0 Å². The third kappa shape index (κ3) is 5.80. The van der Waals surface area contributed by atoms with Crippen LogP contribution in [0.4, 0.5) is 0 Å². The molecule has 9 aromatic rings. The minimum Gasteiger partial charge on any atom is -0.248 e. The third-order valence-electron chi connectivity index (χ3n) is 10.9. The van der Waals surface area contributed by atoms with E-state index in [2.05, 4.69) is 135 Å². The van der Waals surface area contributed by atoms with Gasteiger partial charge in [0.15, 0.2) is 17.5 Å². The lowest BCUT2D eigenvalue weighted by molar-refractivity contribution is 0.661. The van der Waals surface area contributed by atoms with E-state index in [4.69, 9.17) is 19.9 Å². The van der Waals surface area contributed by atoms with E-state index in [0.29, 0.717) is 17.5 Å². The first-order valence-electron chi connectivity index (χ1n) is 18.7. The van der Waals surface area contributed by atoms with Gasteiger partial charge in [0.1, 0.15) is 0 Å². The zero-order valence-corrected chi connectivity index (χ0v) is 30.6. The lowest BCUT2D eigenvalue weighted by Gasteiger charge is -2.22. The summed E-state index contributed by atoms with van der Waals surface area (Å²) in [6, 6.07) is 63.8. The van der Waals surface area contributed by atoms with Crippen LogP contribution in [0, 0.1) is 0 Å². The van der Waals surface area contributed by atoms with E-state index in [1.165, 1.54) is 33.4 Å². The van der Waals surface area contributed by atoms with Crippen LogP contribution in [0.3, 0.4) is 0 Å². The molecule has 0 N–H and O–H groups in total. The second-order valence-corrected chi connectivity index (χ2v) is 14.7. The monoisotopic (exact) mass is 704 g/mol. The van der Waals surface area contributed by atoms with Crippen molar-refractivity contribution in [2.75, 3.05) is 0 Å². The SMILES string of the molecule is CC1(C)c2ccccc2-c2cc3c(-c4cccc(-c5ccccc5)c4)cc(-c4cccc(-c5nc(-c6ccccc6)nc(-c6ccccc6)n5)c4)nc3cc21. The average Bonchev–Trinajstić information content (AvgIpc) is 3.48. The maximum Gasteiger partial charge on any atom is 0.164 e. The summed E-state index contributed by atoms with van der Waals surface area (Å²) in [6.45, 7) is 4.65. The van der Waals surface area contributed by atoms with E-state index in [9.17, 15) is 0 Å². The zero-order chi connectivity index (χ0) is 36.9. The van der Waals surface area contributed by atoms with Gasteiger partial charge in [0, 0.05) is 33.1 Å². The van der Waals surface area contributed by atoms with Crippen LogP contribution in [0.25, 0.3) is 89.7 Å². The standard InChI is InChI=1S/C51H36N4/c1-51(2)44-27-13-12-26-40(44)42-30-43-41(37-23-14-22-36(28-37)33-16-6-3-7-17-33)31-46(52-47(43)32-45(42)51)38-24-15-25-39(29-38)50-54-48(34-18-8-4-9-19-34)53-49(55-50)35-20-10-5-11-21-35/h3-32H,1-2H3. The van der Waals surface area contributed by atoms with Gasteiger partial charge in [0.2, 0.25) is 0 Å². The van der Waals surface area contributed by atoms with Crippen molar-refractivity contribution in [3.8, 4) is 78.8 Å². The van der Waals surface area contributed by atoms with Gasteiger partial charge < -0.3 is 0 Å². The van der Waals surface area contributed by atoms with Gasteiger partial charge >= 0.3 is 0 Å². The van der Waals surface area contributed by atoms with Gasteiger partial charge in [-0.05, 0) is 74.8 Å². The topological polar surface area (TPSA) is 51.6 Å². The van der Waals surface area contributed by atoms with Crippen LogP contribution < -0.4 is 0 Å². The summed E-state index contributed by atoms with van der Waals surface area (Å²) in [5.41, 5.74) is 15.4. The second kappa shape index (κ2) is 13.1. The van der Waals surface area contributed by atoms with Gasteiger partial charge in [0.05, 0.1) is 11.2 Å². The Morgan fingerprint density at radius 2 is 0.836 bits per heavy atom. The lowest BCUT2D eigenvalue weighted by Crippen LogP contribution is -2.14. The van der Waals surface area contributed by atoms with Crippen molar-refractivity contribution in [2.24, 2.45) is 0 Å². The molecule has 2 heterocycles. The summed E-state index contributed by atoms with van der Waals surface area (Å²) >= 11 is 0. The Morgan fingerprint density at radius 1 is 0.327 bits per heavy atom. The molecule has 7 aromatic carbocycles. The van der Waals surface area contributed by atoms with Crippen LogP contribution in [0.5, 0.6) is 0 Å². The van der Waals surface area contributed by atoms with E-state index in [-0.39, 0.29) is 5.41 Å². The molecule has 1 aliphatic carbocycles. The predicted octanol–water partition coefficient (Wildman–Crippen LogP) is 12.7. The quantitative estimate of drug-likeness (QED) is 0.173. The molecule has 55 heavy (non-hydrogen) atoms. The summed E-state index contributed by atoms with van der Waals surface area (Å²) in [7, 11) is 0. The van der Waals surface area contributed by atoms with Gasteiger partial charge in [-0.1, -0.05) is 166 Å². The fraction of sp³-hybridized carbons (Fsp3) is 0.0588. The van der Waals surface area contributed by atoms with Crippen molar-refractivity contribution in [1.82, 2.24) is 19.9 Å². The van der Waals surface area contributed by atoms with E-state index < -0.39 is 0 Å². The molecule has 0 fully saturated rings. The maximum atomic E-state index is 5.43. The maximum absolute atomic E-state index is 5.43. The molecular weight excluding hydrogens is 669 g/mol. The first-order valence-corrected chi connectivity index (χ1v) is 18.7. The number of rotatable bonds is 6.